The highest BCUT2D eigenvalue weighted by molar-refractivity contribution is 7.91. The maximum Gasteiger partial charge on any atom is 0.237 e. The van der Waals surface area contributed by atoms with E-state index < -0.39 is 15.9 Å². The van der Waals surface area contributed by atoms with Crippen molar-refractivity contribution >= 4 is 15.7 Å². The van der Waals surface area contributed by atoms with Crippen LogP contribution in [0.15, 0.2) is 0 Å². The van der Waals surface area contributed by atoms with Crippen LogP contribution in [-0.4, -0.2) is 37.9 Å². The average molecular weight is 262 g/mol. The second-order valence-corrected chi connectivity index (χ2v) is 7.10. The molecule has 0 spiro atoms. The molecule has 0 aliphatic carbocycles. The van der Waals surface area contributed by atoms with E-state index in [1.165, 1.54) is 0 Å². The second kappa shape index (κ2) is 5.82. The molecule has 1 heterocycles. The number of sulfone groups is 1. The highest BCUT2D eigenvalue weighted by atomic mass is 32.2. The van der Waals surface area contributed by atoms with E-state index in [2.05, 4.69) is 5.32 Å². The highest BCUT2D eigenvalue weighted by Crippen LogP contribution is 2.13. The van der Waals surface area contributed by atoms with Gasteiger partial charge in [-0.1, -0.05) is 20.3 Å². The van der Waals surface area contributed by atoms with Gasteiger partial charge in [-0.15, -0.1) is 0 Å². The lowest BCUT2D eigenvalue weighted by Crippen LogP contribution is -2.51. The van der Waals surface area contributed by atoms with Crippen molar-refractivity contribution in [2.75, 3.05) is 11.5 Å². The summed E-state index contributed by atoms with van der Waals surface area (Å²) in [6, 6.07) is -0.819. The Morgan fingerprint density at radius 2 is 2.18 bits per heavy atom. The van der Waals surface area contributed by atoms with Crippen molar-refractivity contribution in [1.29, 1.82) is 0 Å². The molecular formula is C11H22N2O3S. The molecule has 0 aromatic heterocycles. The van der Waals surface area contributed by atoms with Crippen LogP contribution in [-0.2, 0) is 14.6 Å². The van der Waals surface area contributed by atoms with Crippen molar-refractivity contribution in [3.63, 3.8) is 0 Å². The van der Waals surface area contributed by atoms with Gasteiger partial charge in [0.2, 0.25) is 5.91 Å². The minimum absolute atomic E-state index is 0.0476. The molecule has 0 aromatic carbocycles. The monoisotopic (exact) mass is 262 g/mol. The molecule has 1 amide bonds. The molecule has 5 nitrogen and oxygen atoms in total. The van der Waals surface area contributed by atoms with Gasteiger partial charge in [-0.2, -0.15) is 0 Å². The summed E-state index contributed by atoms with van der Waals surface area (Å²) in [6.45, 7) is 3.89. The Morgan fingerprint density at radius 3 is 2.71 bits per heavy atom. The van der Waals surface area contributed by atoms with E-state index >= 15 is 0 Å². The first-order valence-electron chi connectivity index (χ1n) is 6.12. The number of nitrogens with one attached hydrogen (secondary N) is 1. The molecule has 17 heavy (non-hydrogen) atoms. The number of carbonyl (C=O) groups is 1. The van der Waals surface area contributed by atoms with Gasteiger partial charge in [0.05, 0.1) is 17.5 Å². The van der Waals surface area contributed by atoms with Crippen molar-refractivity contribution in [1.82, 2.24) is 5.32 Å². The molecule has 100 valence electrons. The Kier molecular flexibility index (Phi) is 4.94. The van der Waals surface area contributed by atoms with Crippen molar-refractivity contribution in [3.05, 3.63) is 0 Å². The van der Waals surface area contributed by atoms with Gasteiger partial charge in [0.25, 0.3) is 0 Å². The highest BCUT2D eigenvalue weighted by Gasteiger charge is 2.28. The minimum atomic E-state index is -2.98. The molecule has 3 atom stereocenters. The number of hydrogen-bond acceptors (Lipinski definition) is 4. The molecule has 1 fully saturated rings. The fourth-order valence-corrected chi connectivity index (χ4v) is 3.58. The van der Waals surface area contributed by atoms with E-state index in [-0.39, 0.29) is 29.4 Å². The van der Waals surface area contributed by atoms with Crippen LogP contribution < -0.4 is 11.1 Å². The first-order chi connectivity index (χ1) is 7.85. The summed E-state index contributed by atoms with van der Waals surface area (Å²) in [5.41, 5.74) is 5.79. The van der Waals surface area contributed by atoms with Crippen LogP contribution in [0.25, 0.3) is 0 Å². The van der Waals surface area contributed by atoms with Gasteiger partial charge in [-0.05, 0) is 18.8 Å². The first kappa shape index (κ1) is 14.4. The molecule has 1 aliphatic heterocycles. The molecule has 0 saturated carbocycles. The summed E-state index contributed by atoms with van der Waals surface area (Å²) in [4.78, 5) is 11.8. The SMILES string of the molecule is CC[C@H](C)[C@H](N)C(=O)NC1CCCS(=O)(=O)C1. The lowest BCUT2D eigenvalue weighted by atomic mass is 9.99. The predicted molar refractivity (Wildman–Crippen MR) is 67.2 cm³/mol. The number of hydrogen-bond donors (Lipinski definition) is 2. The van der Waals surface area contributed by atoms with Crippen LogP contribution in [0.4, 0.5) is 0 Å². The van der Waals surface area contributed by atoms with Gasteiger partial charge in [0.1, 0.15) is 0 Å². The average Bonchev–Trinajstić information content (AvgIpc) is 2.25. The van der Waals surface area contributed by atoms with Crippen LogP contribution in [0, 0.1) is 5.92 Å². The van der Waals surface area contributed by atoms with Crippen molar-refractivity contribution in [2.45, 2.75) is 45.2 Å². The number of carbonyl (C=O) groups excluding carboxylic acids is 1. The summed E-state index contributed by atoms with van der Waals surface area (Å²) < 4.78 is 22.8. The van der Waals surface area contributed by atoms with Crippen LogP contribution in [0.2, 0.25) is 0 Å². The summed E-state index contributed by atoms with van der Waals surface area (Å²) >= 11 is 0. The van der Waals surface area contributed by atoms with E-state index in [4.69, 9.17) is 5.73 Å². The van der Waals surface area contributed by atoms with Gasteiger partial charge < -0.3 is 11.1 Å². The smallest absolute Gasteiger partial charge is 0.237 e. The Bertz CT molecular complexity index is 367. The number of amides is 1. The predicted octanol–water partition coefficient (Wildman–Crippen LogP) is 0.0532. The quantitative estimate of drug-likeness (QED) is 0.749. The fourth-order valence-electron chi connectivity index (χ4n) is 1.95. The molecule has 0 bridgehead atoms. The zero-order valence-electron chi connectivity index (χ0n) is 10.5. The molecule has 1 saturated heterocycles. The molecule has 3 N–H and O–H groups in total. The van der Waals surface area contributed by atoms with Gasteiger partial charge in [0.15, 0.2) is 9.84 Å². The summed E-state index contributed by atoms with van der Waals surface area (Å²) in [7, 11) is -2.98. The number of rotatable bonds is 4. The zero-order chi connectivity index (χ0) is 13.1. The maximum absolute atomic E-state index is 11.8. The largest absolute Gasteiger partial charge is 0.351 e. The molecule has 0 radical (unpaired) electrons. The normalized spacial score (nSPS) is 27.1. The Labute approximate surface area is 103 Å². The van der Waals surface area contributed by atoms with Crippen molar-refractivity contribution < 1.29 is 13.2 Å². The van der Waals surface area contributed by atoms with Gasteiger partial charge in [-0.25, -0.2) is 8.42 Å². The summed E-state index contributed by atoms with van der Waals surface area (Å²) in [6.07, 6.45) is 2.17. The van der Waals surface area contributed by atoms with Crippen LogP contribution >= 0.6 is 0 Å². The van der Waals surface area contributed by atoms with Crippen LogP contribution in [0.3, 0.4) is 0 Å². The topological polar surface area (TPSA) is 89.3 Å². The maximum atomic E-state index is 11.8. The summed E-state index contributed by atoms with van der Waals surface area (Å²) in [5.74, 6) is 0.152. The molecule has 0 aromatic rings. The van der Waals surface area contributed by atoms with Crippen LogP contribution in [0.1, 0.15) is 33.1 Å². The lowest BCUT2D eigenvalue weighted by Gasteiger charge is -2.26. The van der Waals surface area contributed by atoms with Gasteiger partial charge in [0, 0.05) is 6.04 Å². The third-order valence-corrected chi connectivity index (χ3v) is 5.19. The molecule has 1 aliphatic rings. The minimum Gasteiger partial charge on any atom is -0.351 e. The van der Waals surface area contributed by atoms with Gasteiger partial charge >= 0.3 is 0 Å². The second-order valence-electron chi connectivity index (χ2n) is 4.87. The Hall–Kier alpha value is -0.620. The lowest BCUT2D eigenvalue weighted by molar-refractivity contribution is -0.124. The third kappa shape index (κ3) is 4.27. The molecule has 1 rings (SSSR count). The van der Waals surface area contributed by atoms with Gasteiger partial charge in [-0.3, -0.25) is 4.79 Å². The van der Waals surface area contributed by atoms with E-state index in [9.17, 15) is 13.2 Å². The van der Waals surface area contributed by atoms with E-state index in [0.717, 1.165) is 12.8 Å². The van der Waals surface area contributed by atoms with E-state index in [1.54, 1.807) is 0 Å². The van der Waals surface area contributed by atoms with E-state index in [1.807, 2.05) is 13.8 Å². The summed E-state index contributed by atoms with van der Waals surface area (Å²) in [5, 5.41) is 2.75. The fraction of sp³-hybridized carbons (Fsp3) is 0.909. The van der Waals surface area contributed by atoms with Crippen LogP contribution in [0.5, 0.6) is 0 Å². The molecule has 6 heteroatoms. The Balaban J connectivity index is 2.51. The standard InChI is InChI=1S/C11H22N2O3S/c1-3-8(2)10(12)11(14)13-9-5-4-6-17(15,16)7-9/h8-10H,3-7,12H2,1-2H3,(H,13,14)/t8-,9?,10-/m0/s1. The zero-order valence-corrected chi connectivity index (χ0v) is 11.3. The molecule has 1 unspecified atom stereocenters. The van der Waals surface area contributed by atoms with Crippen molar-refractivity contribution in [3.8, 4) is 0 Å². The molecular weight excluding hydrogens is 240 g/mol. The Morgan fingerprint density at radius 1 is 1.53 bits per heavy atom. The number of nitrogens with two attached hydrogens (primary N) is 1. The third-order valence-electron chi connectivity index (χ3n) is 3.37. The first-order valence-corrected chi connectivity index (χ1v) is 7.94. The van der Waals surface area contributed by atoms with E-state index in [0.29, 0.717) is 6.42 Å². The van der Waals surface area contributed by atoms with Crippen molar-refractivity contribution in [2.24, 2.45) is 11.7 Å².